The Morgan fingerprint density at radius 1 is 1.20 bits per heavy atom. The van der Waals surface area contributed by atoms with Crippen molar-refractivity contribution in [3.8, 4) is 0 Å². The Bertz CT molecular complexity index is 336. The van der Waals surface area contributed by atoms with Gasteiger partial charge in [0.05, 0.1) is 12.1 Å². The first kappa shape index (κ1) is 14.3. The molecule has 1 amide bonds. The number of hydrogen-bond donors (Lipinski definition) is 2. The zero-order valence-electron chi connectivity index (χ0n) is 12.6. The molecule has 0 aromatic rings. The zero-order valence-corrected chi connectivity index (χ0v) is 12.6. The molecular formula is C16H28N2O2. The molecule has 3 aliphatic rings. The lowest BCUT2D eigenvalue weighted by atomic mass is 9.85. The lowest BCUT2D eigenvalue weighted by Gasteiger charge is -2.34. The molecule has 2 N–H and O–H groups in total. The van der Waals surface area contributed by atoms with Gasteiger partial charge in [-0.25, -0.2) is 0 Å². The summed E-state index contributed by atoms with van der Waals surface area (Å²) in [6.45, 7) is 3.51. The second kappa shape index (κ2) is 6.02. The lowest BCUT2D eigenvalue weighted by molar-refractivity contribution is -0.135. The van der Waals surface area contributed by atoms with Crippen LogP contribution in [0.2, 0.25) is 0 Å². The highest BCUT2D eigenvalue weighted by Gasteiger charge is 2.40. The van der Waals surface area contributed by atoms with Crippen LogP contribution in [0.25, 0.3) is 0 Å². The molecule has 0 unspecified atom stereocenters. The number of carbonyl (C=O) groups is 1. The molecule has 0 aromatic heterocycles. The van der Waals surface area contributed by atoms with Crippen molar-refractivity contribution in [2.24, 2.45) is 11.8 Å². The standard InChI is InChI=1S/C16H28N2O2/c1-11(19)12-6-8-18(9-7-12)16(20)15-10-13-4-2-3-5-14(13)17-15/h11-15,17,19H,2-10H2,1H3/t11-,13-,14-,15+/m0/s1. The maximum Gasteiger partial charge on any atom is 0.239 e. The Morgan fingerprint density at radius 2 is 1.90 bits per heavy atom. The van der Waals surface area contributed by atoms with E-state index in [-0.39, 0.29) is 12.1 Å². The number of nitrogens with one attached hydrogen (secondary N) is 1. The van der Waals surface area contributed by atoms with Crippen LogP contribution in [0, 0.1) is 11.8 Å². The molecule has 0 bridgehead atoms. The van der Waals surface area contributed by atoms with Crippen LogP contribution in [0.1, 0.15) is 51.9 Å². The first-order valence-electron chi connectivity index (χ1n) is 8.38. The van der Waals surface area contributed by atoms with E-state index >= 15 is 0 Å². The van der Waals surface area contributed by atoms with Gasteiger partial charge in [0.15, 0.2) is 0 Å². The molecule has 20 heavy (non-hydrogen) atoms. The fourth-order valence-corrected chi connectivity index (χ4v) is 4.33. The number of carbonyl (C=O) groups excluding carboxylic acids is 1. The third-order valence-corrected chi connectivity index (χ3v) is 5.69. The third-order valence-electron chi connectivity index (χ3n) is 5.69. The molecule has 4 heteroatoms. The molecule has 2 aliphatic heterocycles. The molecule has 0 spiro atoms. The third kappa shape index (κ3) is 2.86. The highest BCUT2D eigenvalue weighted by molar-refractivity contribution is 5.82. The Hall–Kier alpha value is -0.610. The molecule has 4 atom stereocenters. The molecule has 3 fully saturated rings. The number of amides is 1. The topological polar surface area (TPSA) is 52.6 Å². The van der Waals surface area contributed by atoms with Crippen molar-refractivity contribution in [1.29, 1.82) is 0 Å². The Balaban J connectivity index is 1.52. The van der Waals surface area contributed by atoms with Crippen molar-refractivity contribution in [2.45, 2.75) is 70.1 Å². The predicted octanol–water partition coefficient (Wildman–Crippen LogP) is 1.53. The molecule has 0 radical (unpaired) electrons. The SMILES string of the molecule is C[C@H](O)C1CCN(C(=O)[C@H]2C[C@@H]3CCCC[C@@H]3N2)CC1. The van der Waals surface area contributed by atoms with Gasteiger partial charge in [-0.3, -0.25) is 4.79 Å². The van der Waals surface area contributed by atoms with Gasteiger partial charge in [-0.1, -0.05) is 12.8 Å². The van der Waals surface area contributed by atoms with Gasteiger partial charge in [0.1, 0.15) is 0 Å². The number of nitrogens with zero attached hydrogens (tertiary/aromatic N) is 1. The first-order chi connectivity index (χ1) is 9.65. The summed E-state index contributed by atoms with van der Waals surface area (Å²) in [6.07, 6.45) is 7.90. The van der Waals surface area contributed by atoms with Crippen LogP contribution in [0.4, 0.5) is 0 Å². The summed E-state index contributed by atoms with van der Waals surface area (Å²) in [5.74, 6) is 1.41. The van der Waals surface area contributed by atoms with E-state index in [0.717, 1.165) is 38.3 Å². The molecule has 4 nitrogen and oxygen atoms in total. The van der Waals surface area contributed by atoms with Gasteiger partial charge in [-0.15, -0.1) is 0 Å². The summed E-state index contributed by atoms with van der Waals surface area (Å²) >= 11 is 0. The Labute approximate surface area is 121 Å². The monoisotopic (exact) mass is 280 g/mol. The number of rotatable bonds is 2. The molecule has 1 aliphatic carbocycles. The molecule has 2 saturated heterocycles. The van der Waals surface area contributed by atoms with Crippen molar-refractivity contribution < 1.29 is 9.90 Å². The van der Waals surface area contributed by atoms with E-state index in [4.69, 9.17) is 0 Å². The summed E-state index contributed by atoms with van der Waals surface area (Å²) in [5, 5.41) is 13.2. The highest BCUT2D eigenvalue weighted by Crippen LogP contribution is 2.34. The van der Waals surface area contributed by atoms with Crippen LogP contribution >= 0.6 is 0 Å². The molecule has 1 saturated carbocycles. The Morgan fingerprint density at radius 3 is 2.55 bits per heavy atom. The van der Waals surface area contributed by atoms with E-state index in [0.29, 0.717) is 17.9 Å². The van der Waals surface area contributed by atoms with E-state index in [1.807, 2.05) is 11.8 Å². The fourth-order valence-electron chi connectivity index (χ4n) is 4.33. The molecule has 0 aromatic carbocycles. The number of aliphatic hydroxyl groups is 1. The zero-order chi connectivity index (χ0) is 14.1. The van der Waals surface area contributed by atoms with E-state index in [1.54, 1.807) is 0 Å². The number of hydrogen-bond acceptors (Lipinski definition) is 3. The number of likely N-dealkylation sites (tertiary alicyclic amines) is 1. The average Bonchev–Trinajstić information content (AvgIpc) is 2.90. The van der Waals surface area contributed by atoms with Gasteiger partial charge in [0, 0.05) is 19.1 Å². The summed E-state index contributed by atoms with van der Waals surface area (Å²) in [7, 11) is 0. The Kier molecular flexibility index (Phi) is 4.32. The summed E-state index contributed by atoms with van der Waals surface area (Å²) in [4.78, 5) is 14.6. The first-order valence-corrected chi connectivity index (χ1v) is 8.38. The summed E-state index contributed by atoms with van der Waals surface area (Å²) in [5.41, 5.74) is 0. The maximum atomic E-state index is 12.6. The minimum atomic E-state index is -0.236. The normalized spacial score (nSPS) is 36.7. The van der Waals surface area contributed by atoms with Crippen LogP contribution in [-0.4, -0.2) is 47.2 Å². The number of fused-ring (bicyclic) bond motifs is 1. The van der Waals surface area contributed by atoms with E-state index < -0.39 is 0 Å². The van der Waals surface area contributed by atoms with Gasteiger partial charge in [0.25, 0.3) is 0 Å². The molecular weight excluding hydrogens is 252 g/mol. The van der Waals surface area contributed by atoms with Crippen LogP contribution in [-0.2, 0) is 4.79 Å². The van der Waals surface area contributed by atoms with Gasteiger partial charge in [-0.2, -0.15) is 0 Å². The summed E-state index contributed by atoms with van der Waals surface area (Å²) < 4.78 is 0. The number of piperidine rings is 1. The quantitative estimate of drug-likeness (QED) is 0.806. The number of aliphatic hydroxyl groups excluding tert-OH is 1. The maximum absolute atomic E-state index is 12.6. The highest BCUT2D eigenvalue weighted by atomic mass is 16.3. The van der Waals surface area contributed by atoms with Crippen molar-refractivity contribution in [3.05, 3.63) is 0 Å². The van der Waals surface area contributed by atoms with Gasteiger partial charge in [0.2, 0.25) is 5.91 Å². The largest absolute Gasteiger partial charge is 0.393 e. The van der Waals surface area contributed by atoms with Crippen LogP contribution in [0.3, 0.4) is 0 Å². The second-order valence-corrected chi connectivity index (χ2v) is 7.01. The van der Waals surface area contributed by atoms with Crippen molar-refractivity contribution in [1.82, 2.24) is 10.2 Å². The van der Waals surface area contributed by atoms with Gasteiger partial charge in [-0.05, 0) is 50.9 Å². The van der Waals surface area contributed by atoms with Crippen LogP contribution in [0.5, 0.6) is 0 Å². The van der Waals surface area contributed by atoms with Crippen LogP contribution in [0.15, 0.2) is 0 Å². The van der Waals surface area contributed by atoms with Crippen LogP contribution < -0.4 is 5.32 Å². The van der Waals surface area contributed by atoms with Crippen molar-refractivity contribution in [2.75, 3.05) is 13.1 Å². The van der Waals surface area contributed by atoms with E-state index in [9.17, 15) is 9.90 Å². The molecule has 114 valence electrons. The second-order valence-electron chi connectivity index (χ2n) is 7.01. The molecule has 2 heterocycles. The minimum absolute atomic E-state index is 0.0613. The smallest absolute Gasteiger partial charge is 0.239 e. The van der Waals surface area contributed by atoms with E-state index in [2.05, 4.69) is 5.32 Å². The molecule has 3 rings (SSSR count). The summed E-state index contributed by atoms with van der Waals surface area (Å²) in [6, 6.07) is 0.652. The van der Waals surface area contributed by atoms with E-state index in [1.165, 1.54) is 25.7 Å². The minimum Gasteiger partial charge on any atom is -0.393 e. The predicted molar refractivity (Wildman–Crippen MR) is 78.3 cm³/mol. The van der Waals surface area contributed by atoms with Crippen molar-refractivity contribution >= 4 is 5.91 Å². The fraction of sp³-hybridized carbons (Fsp3) is 0.938. The van der Waals surface area contributed by atoms with Crippen molar-refractivity contribution in [3.63, 3.8) is 0 Å². The average molecular weight is 280 g/mol. The van der Waals surface area contributed by atoms with Gasteiger partial charge >= 0.3 is 0 Å². The lowest BCUT2D eigenvalue weighted by Crippen LogP contribution is -2.49. The van der Waals surface area contributed by atoms with Gasteiger partial charge < -0.3 is 15.3 Å².